The van der Waals surface area contributed by atoms with Crippen LogP contribution in [0.1, 0.15) is 17.3 Å². The average Bonchev–Trinajstić information content (AvgIpc) is 3.11. The molecule has 0 fully saturated rings. The van der Waals surface area contributed by atoms with Crippen molar-refractivity contribution < 1.29 is 9.53 Å². The first-order valence-electron chi connectivity index (χ1n) is 8.39. The molecule has 0 aliphatic carbocycles. The third kappa shape index (κ3) is 2.75. The maximum Gasteiger partial charge on any atom is 0.159 e. The first-order valence-corrected chi connectivity index (χ1v) is 8.39. The van der Waals surface area contributed by atoms with Gasteiger partial charge in [-0.15, -0.1) is 0 Å². The molecule has 0 aliphatic rings. The predicted octanol–water partition coefficient (Wildman–Crippen LogP) is 4.88. The van der Waals surface area contributed by atoms with Gasteiger partial charge >= 0.3 is 0 Å². The van der Waals surface area contributed by atoms with E-state index in [-0.39, 0.29) is 5.78 Å². The lowest BCUT2D eigenvalue weighted by Crippen LogP contribution is -1.95. The summed E-state index contributed by atoms with van der Waals surface area (Å²) in [5.74, 6) is 1.69. The van der Waals surface area contributed by atoms with Gasteiger partial charge in [0.25, 0.3) is 0 Å². The molecule has 4 aromatic rings. The molecule has 0 radical (unpaired) electrons. The third-order valence-electron chi connectivity index (χ3n) is 4.51. The van der Waals surface area contributed by atoms with Gasteiger partial charge in [0, 0.05) is 17.3 Å². The van der Waals surface area contributed by atoms with Gasteiger partial charge in [-0.1, -0.05) is 30.3 Å². The second-order valence-corrected chi connectivity index (χ2v) is 6.12. The van der Waals surface area contributed by atoms with E-state index < -0.39 is 0 Å². The molecule has 0 atom stereocenters. The number of ketones is 1. The topological polar surface area (TPSA) is 43.6 Å². The van der Waals surface area contributed by atoms with Crippen LogP contribution in [0.5, 0.6) is 5.75 Å². The number of aromatic nitrogens is 2. The summed E-state index contributed by atoms with van der Waals surface area (Å²) in [6, 6.07) is 19.6. The average molecular weight is 342 g/mol. The van der Waals surface area contributed by atoms with Crippen LogP contribution in [0.15, 0.2) is 73.1 Å². The van der Waals surface area contributed by atoms with Crippen LogP contribution in [0.2, 0.25) is 0 Å². The van der Waals surface area contributed by atoms with Gasteiger partial charge in [0.1, 0.15) is 11.6 Å². The van der Waals surface area contributed by atoms with E-state index in [2.05, 4.69) is 9.38 Å². The van der Waals surface area contributed by atoms with E-state index >= 15 is 0 Å². The van der Waals surface area contributed by atoms with Crippen molar-refractivity contribution >= 4 is 11.3 Å². The summed E-state index contributed by atoms with van der Waals surface area (Å²) >= 11 is 0. The SMILES string of the molecule is COc1ccc(-c2ccc(C(C)=O)cc2)c(-c2ncc3ccccn23)c1. The van der Waals surface area contributed by atoms with Crippen LogP contribution in [-0.4, -0.2) is 22.3 Å². The normalized spacial score (nSPS) is 10.8. The lowest BCUT2D eigenvalue weighted by Gasteiger charge is -2.12. The van der Waals surface area contributed by atoms with E-state index in [1.165, 1.54) is 0 Å². The summed E-state index contributed by atoms with van der Waals surface area (Å²) in [7, 11) is 1.66. The zero-order valence-corrected chi connectivity index (χ0v) is 14.6. The first kappa shape index (κ1) is 16.1. The van der Waals surface area contributed by atoms with Crippen molar-refractivity contribution in [3.8, 4) is 28.3 Å². The minimum atomic E-state index is 0.0609. The Hall–Kier alpha value is -3.40. The van der Waals surface area contributed by atoms with Crippen LogP contribution in [0.3, 0.4) is 0 Å². The highest BCUT2D eigenvalue weighted by Crippen LogP contribution is 2.34. The molecule has 0 amide bonds. The fourth-order valence-electron chi connectivity index (χ4n) is 3.11. The fourth-order valence-corrected chi connectivity index (χ4v) is 3.11. The number of carbonyl (C=O) groups is 1. The fraction of sp³-hybridized carbons (Fsp3) is 0.0909. The zero-order chi connectivity index (χ0) is 18.1. The molecule has 0 saturated carbocycles. The number of carbonyl (C=O) groups excluding carboxylic acids is 1. The van der Waals surface area contributed by atoms with E-state index in [0.29, 0.717) is 5.56 Å². The van der Waals surface area contributed by atoms with Gasteiger partial charge in [-0.05, 0) is 48.4 Å². The van der Waals surface area contributed by atoms with Crippen molar-refractivity contribution in [1.82, 2.24) is 9.38 Å². The largest absolute Gasteiger partial charge is 0.497 e. The molecule has 128 valence electrons. The molecule has 4 nitrogen and oxygen atoms in total. The van der Waals surface area contributed by atoms with Gasteiger partial charge in [-0.3, -0.25) is 9.20 Å². The van der Waals surface area contributed by atoms with E-state index in [1.54, 1.807) is 14.0 Å². The Morgan fingerprint density at radius 3 is 2.54 bits per heavy atom. The molecule has 4 heteroatoms. The molecule has 0 unspecified atom stereocenters. The minimum absolute atomic E-state index is 0.0609. The molecule has 2 aromatic heterocycles. The van der Waals surface area contributed by atoms with Crippen LogP contribution < -0.4 is 4.74 Å². The van der Waals surface area contributed by atoms with Gasteiger partial charge < -0.3 is 4.74 Å². The van der Waals surface area contributed by atoms with Gasteiger partial charge in [0.15, 0.2) is 5.78 Å². The summed E-state index contributed by atoms with van der Waals surface area (Å²) in [5, 5.41) is 0. The molecule has 2 aromatic carbocycles. The molecule has 0 saturated heterocycles. The lowest BCUT2D eigenvalue weighted by atomic mass is 9.97. The molecular formula is C22H18N2O2. The number of imidazole rings is 1. The summed E-state index contributed by atoms with van der Waals surface area (Å²) in [5.41, 5.74) is 4.78. The summed E-state index contributed by atoms with van der Waals surface area (Å²) in [6.07, 6.45) is 3.86. The lowest BCUT2D eigenvalue weighted by molar-refractivity contribution is 0.101. The number of fused-ring (bicyclic) bond motifs is 1. The Morgan fingerprint density at radius 2 is 1.81 bits per heavy atom. The molecule has 0 spiro atoms. The summed E-state index contributed by atoms with van der Waals surface area (Å²) < 4.78 is 7.48. The summed E-state index contributed by atoms with van der Waals surface area (Å²) in [4.78, 5) is 16.2. The number of ether oxygens (including phenoxy) is 1. The van der Waals surface area contributed by atoms with E-state index in [9.17, 15) is 4.79 Å². The summed E-state index contributed by atoms with van der Waals surface area (Å²) in [6.45, 7) is 1.57. The van der Waals surface area contributed by atoms with E-state index in [1.807, 2.05) is 73.1 Å². The number of hydrogen-bond donors (Lipinski definition) is 0. The third-order valence-corrected chi connectivity index (χ3v) is 4.51. The number of pyridine rings is 1. The molecular weight excluding hydrogens is 324 g/mol. The van der Waals surface area contributed by atoms with Crippen LogP contribution in [0.4, 0.5) is 0 Å². The van der Waals surface area contributed by atoms with Gasteiger partial charge in [0.05, 0.1) is 18.8 Å². The van der Waals surface area contributed by atoms with Gasteiger partial charge in [0.2, 0.25) is 0 Å². The van der Waals surface area contributed by atoms with Gasteiger partial charge in [-0.2, -0.15) is 0 Å². The van der Waals surface area contributed by atoms with Crippen molar-refractivity contribution in [3.05, 3.63) is 78.6 Å². The Labute approximate surface area is 151 Å². The zero-order valence-electron chi connectivity index (χ0n) is 14.6. The number of rotatable bonds is 4. The maximum atomic E-state index is 11.5. The Kier molecular flexibility index (Phi) is 4.01. The van der Waals surface area contributed by atoms with Crippen LogP contribution in [-0.2, 0) is 0 Å². The van der Waals surface area contributed by atoms with Crippen molar-refractivity contribution in [2.45, 2.75) is 6.92 Å². The van der Waals surface area contributed by atoms with Crippen molar-refractivity contribution in [3.63, 3.8) is 0 Å². The van der Waals surface area contributed by atoms with Gasteiger partial charge in [-0.25, -0.2) is 4.98 Å². The molecule has 26 heavy (non-hydrogen) atoms. The molecule has 2 heterocycles. The van der Waals surface area contributed by atoms with Crippen molar-refractivity contribution in [2.75, 3.05) is 7.11 Å². The monoisotopic (exact) mass is 342 g/mol. The maximum absolute atomic E-state index is 11.5. The Balaban J connectivity index is 1.92. The van der Waals surface area contributed by atoms with Crippen LogP contribution in [0, 0.1) is 0 Å². The van der Waals surface area contributed by atoms with Crippen molar-refractivity contribution in [2.24, 2.45) is 0 Å². The van der Waals surface area contributed by atoms with E-state index in [4.69, 9.17) is 4.74 Å². The number of methoxy groups -OCH3 is 1. The molecule has 0 aliphatic heterocycles. The number of benzene rings is 2. The standard InChI is InChI=1S/C22H18N2O2/c1-15(25)16-6-8-17(9-7-16)20-11-10-19(26-2)13-21(20)22-23-14-18-5-3-4-12-24(18)22/h3-14H,1-2H3. The molecule has 0 N–H and O–H groups in total. The highest BCUT2D eigenvalue weighted by molar-refractivity contribution is 5.95. The van der Waals surface area contributed by atoms with Crippen LogP contribution in [0.25, 0.3) is 28.0 Å². The minimum Gasteiger partial charge on any atom is -0.497 e. The first-order chi connectivity index (χ1) is 12.7. The second kappa shape index (κ2) is 6.48. The van der Waals surface area contributed by atoms with Crippen LogP contribution >= 0.6 is 0 Å². The number of hydrogen-bond acceptors (Lipinski definition) is 3. The smallest absolute Gasteiger partial charge is 0.159 e. The highest BCUT2D eigenvalue weighted by Gasteiger charge is 2.14. The number of nitrogens with zero attached hydrogens (tertiary/aromatic N) is 2. The Morgan fingerprint density at radius 1 is 1.00 bits per heavy atom. The van der Waals surface area contributed by atoms with E-state index in [0.717, 1.165) is 33.8 Å². The highest BCUT2D eigenvalue weighted by atomic mass is 16.5. The predicted molar refractivity (Wildman–Crippen MR) is 103 cm³/mol. The molecule has 4 rings (SSSR count). The second-order valence-electron chi connectivity index (χ2n) is 6.12. The molecule has 0 bridgehead atoms. The van der Waals surface area contributed by atoms with Crippen molar-refractivity contribution in [1.29, 1.82) is 0 Å². The Bertz CT molecular complexity index is 1090. The quantitative estimate of drug-likeness (QED) is 0.497. The number of Topliss-reactive ketones (excluding diaryl/α,β-unsaturated/α-hetero) is 1.